The third kappa shape index (κ3) is 2.92. The van der Waals surface area contributed by atoms with Crippen LogP contribution in [0.25, 0.3) is 0 Å². The molecule has 1 aromatic rings. The van der Waals surface area contributed by atoms with Crippen LogP contribution in [-0.2, 0) is 0 Å². The van der Waals surface area contributed by atoms with Crippen molar-refractivity contribution in [3.8, 4) is 0 Å². The smallest absolute Gasteiger partial charge is 0.251 e. The molecule has 0 heterocycles. The van der Waals surface area contributed by atoms with Gasteiger partial charge in [-0.3, -0.25) is 4.79 Å². The molecule has 1 aliphatic carbocycles. The van der Waals surface area contributed by atoms with E-state index < -0.39 is 0 Å². The second-order valence-electron chi connectivity index (χ2n) is 4.53. The summed E-state index contributed by atoms with van der Waals surface area (Å²) in [7, 11) is 0. The van der Waals surface area contributed by atoms with E-state index in [4.69, 9.17) is 28.9 Å². The summed E-state index contributed by atoms with van der Waals surface area (Å²) in [5.74, 6) is -0.166. The fourth-order valence-electron chi connectivity index (χ4n) is 1.80. The quantitative estimate of drug-likeness (QED) is 0.889. The summed E-state index contributed by atoms with van der Waals surface area (Å²) in [6.45, 7) is 0.506. The Morgan fingerprint density at radius 3 is 2.59 bits per heavy atom. The minimum absolute atomic E-state index is 0.166. The molecule has 17 heavy (non-hydrogen) atoms. The zero-order valence-corrected chi connectivity index (χ0v) is 10.8. The molecule has 92 valence electrons. The number of amides is 1. The predicted octanol–water partition coefficient (Wildman–Crippen LogP) is 2.60. The van der Waals surface area contributed by atoms with E-state index >= 15 is 0 Å². The monoisotopic (exact) mass is 272 g/mol. The molecule has 1 saturated carbocycles. The van der Waals surface area contributed by atoms with Crippen molar-refractivity contribution >= 4 is 29.1 Å². The predicted molar refractivity (Wildman–Crippen MR) is 69.6 cm³/mol. The molecule has 1 aromatic carbocycles. The van der Waals surface area contributed by atoms with Gasteiger partial charge in [-0.05, 0) is 37.5 Å². The maximum Gasteiger partial charge on any atom is 0.251 e. The highest BCUT2D eigenvalue weighted by Crippen LogP contribution is 2.28. The number of carbonyl (C=O) groups excluding carboxylic acids is 1. The average molecular weight is 273 g/mol. The Hall–Kier alpha value is -0.770. The van der Waals surface area contributed by atoms with Crippen LogP contribution in [0.5, 0.6) is 0 Å². The van der Waals surface area contributed by atoms with Gasteiger partial charge in [-0.1, -0.05) is 23.2 Å². The SMILES string of the molecule is NC1(CNC(=O)c2ccc(Cl)c(Cl)c2)CCC1. The molecule has 3 nitrogen and oxygen atoms in total. The first-order valence-electron chi connectivity index (χ1n) is 5.52. The molecule has 0 aromatic heterocycles. The summed E-state index contributed by atoms with van der Waals surface area (Å²) in [6.07, 6.45) is 3.07. The van der Waals surface area contributed by atoms with Crippen molar-refractivity contribution < 1.29 is 4.79 Å². The van der Waals surface area contributed by atoms with Crippen molar-refractivity contribution in [2.45, 2.75) is 24.8 Å². The number of benzene rings is 1. The average Bonchev–Trinajstić information content (AvgIpc) is 2.27. The Morgan fingerprint density at radius 1 is 1.35 bits per heavy atom. The van der Waals surface area contributed by atoms with Gasteiger partial charge in [-0.25, -0.2) is 0 Å². The van der Waals surface area contributed by atoms with Crippen LogP contribution in [0.15, 0.2) is 18.2 Å². The summed E-state index contributed by atoms with van der Waals surface area (Å²) in [4.78, 5) is 11.8. The van der Waals surface area contributed by atoms with E-state index in [2.05, 4.69) is 5.32 Å². The van der Waals surface area contributed by atoms with Gasteiger partial charge in [0.05, 0.1) is 10.0 Å². The minimum Gasteiger partial charge on any atom is -0.350 e. The molecule has 0 saturated heterocycles. The Kier molecular flexibility index (Phi) is 3.61. The number of hydrogen-bond donors (Lipinski definition) is 2. The normalized spacial score (nSPS) is 17.4. The summed E-state index contributed by atoms with van der Waals surface area (Å²) >= 11 is 11.6. The van der Waals surface area contributed by atoms with Crippen molar-refractivity contribution in [2.24, 2.45) is 5.73 Å². The number of nitrogens with one attached hydrogen (secondary N) is 1. The second-order valence-corrected chi connectivity index (χ2v) is 5.34. The molecule has 3 N–H and O–H groups in total. The van der Waals surface area contributed by atoms with Gasteiger partial charge >= 0.3 is 0 Å². The Bertz CT molecular complexity index is 444. The lowest BCUT2D eigenvalue weighted by Crippen LogP contribution is -2.54. The molecule has 0 spiro atoms. The molecule has 0 radical (unpaired) electrons. The van der Waals surface area contributed by atoms with E-state index in [-0.39, 0.29) is 11.4 Å². The Balaban J connectivity index is 1.97. The van der Waals surface area contributed by atoms with Crippen LogP contribution in [0.2, 0.25) is 10.0 Å². The molecule has 5 heteroatoms. The van der Waals surface area contributed by atoms with Crippen LogP contribution in [0.1, 0.15) is 29.6 Å². The van der Waals surface area contributed by atoms with Crippen LogP contribution < -0.4 is 11.1 Å². The molecular weight excluding hydrogens is 259 g/mol. The van der Waals surface area contributed by atoms with Gasteiger partial charge < -0.3 is 11.1 Å². The zero-order valence-electron chi connectivity index (χ0n) is 9.30. The molecule has 0 atom stereocenters. The standard InChI is InChI=1S/C12H14Cl2N2O/c13-9-3-2-8(6-10(9)14)11(17)16-7-12(15)4-1-5-12/h2-3,6H,1,4-5,7,15H2,(H,16,17). The third-order valence-corrected chi connectivity index (χ3v) is 3.87. The van der Waals surface area contributed by atoms with Crippen LogP contribution >= 0.6 is 23.2 Å². The van der Waals surface area contributed by atoms with Gasteiger partial charge in [0.15, 0.2) is 0 Å². The number of halogens is 2. The topological polar surface area (TPSA) is 55.1 Å². The van der Waals surface area contributed by atoms with Gasteiger partial charge in [-0.15, -0.1) is 0 Å². The Morgan fingerprint density at radius 2 is 2.06 bits per heavy atom. The highest BCUT2D eigenvalue weighted by molar-refractivity contribution is 6.42. The minimum atomic E-state index is -0.216. The van der Waals surface area contributed by atoms with Crippen molar-refractivity contribution in [3.63, 3.8) is 0 Å². The molecular formula is C12H14Cl2N2O. The molecule has 1 fully saturated rings. The van der Waals surface area contributed by atoms with Crippen molar-refractivity contribution in [2.75, 3.05) is 6.54 Å². The number of carbonyl (C=O) groups is 1. The zero-order chi connectivity index (χ0) is 12.5. The Labute approximate surface area is 110 Å². The summed E-state index contributed by atoms with van der Waals surface area (Å²) in [5, 5.41) is 3.64. The highest BCUT2D eigenvalue weighted by Gasteiger charge is 2.32. The highest BCUT2D eigenvalue weighted by atomic mass is 35.5. The van der Waals surface area contributed by atoms with E-state index in [9.17, 15) is 4.79 Å². The molecule has 1 amide bonds. The first-order valence-corrected chi connectivity index (χ1v) is 6.28. The summed E-state index contributed by atoms with van der Waals surface area (Å²) in [5.41, 5.74) is 6.31. The first-order chi connectivity index (χ1) is 8.00. The number of rotatable bonds is 3. The van der Waals surface area contributed by atoms with Crippen molar-refractivity contribution in [1.82, 2.24) is 5.32 Å². The van der Waals surface area contributed by atoms with Gasteiger partial charge in [0.2, 0.25) is 0 Å². The lowest BCUT2D eigenvalue weighted by Gasteiger charge is -2.38. The molecule has 1 aliphatic rings. The first kappa shape index (κ1) is 12.7. The van der Waals surface area contributed by atoms with E-state index in [1.54, 1.807) is 18.2 Å². The van der Waals surface area contributed by atoms with Crippen LogP contribution in [0.3, 0.4) is 0 Å². The fourth-order valence-corrected chi connectivity index (χ4v) is 2.10. The van der Waals surface area contributed by atoms with E-state index in [1.807, 2.05) is 0 Å². The number of nitrogens with two attached hydrogens (primary N) is 1. The number of hydrogen-bond acceptors (Lipinski definition) is 2. The van der Waals surface area contributed by atoms with Gasteiger partial charge in [0, 0.05) is 17.6 Å². The van der Waals surface area contributed by atoms with Crippen molar-refractivity contribution in [1.29, 1.82) is 0 Å². The van der Waals surface area contributed by atoms with E-state index in [0.717, 1.165) is 19.3 Å². The lowest BCUT2D eigenvalue weighted by atomic mass is 9.78. The molecule has 0 unspecified atom stereocenters. The summed E-state index contributed by atoms with van der Waals surface area (Å²) in [6, 6.07) is 4.82. The van der Waals surface area contributed by atoms with Crippen LogP contribution in [0.4, 0.5) is 0 Å². The van der Waals surface area contributed by atoms with Gasteiger partial charge in [0.25, 0.3) is 5.91 Å². The molecule has 2 rings (SSSR count). The lowest BCUT2D eigenvalue weighted by molar-refractivity contribution is 0.0930. The van der Waals surface area contributed by atoms with Crippen LogP contribution in [-0.4, -0.2) is 18.0 Å². The maximum absolute atomic E-state index is 11.8. The largest absolute Gasteiger partial charge is 0.350 e. The van der Waals surface area contributed by atoms with E-state index in [1.165, 1.54) is 0 Å². The molecule has 0 bridgehead atoms. The van der Waals surface area contributed by atoms with Gasteiger partial charge in [-0.2, -0.15) is 0 Å². The third-order valence-electron chi connectivity index (χ3n) is 3.13. The van der Waals surface area contributed by atoms with E-state index in [0.29, 0.717) is 22.2 Å². The fraction of sp³-hybridized carbons (Fsp3) is 0.417. The second kappa shape index (κ2) is 4.84. The summed E-state index contributed by atoms with van der Waals surface area (Å²) < 4.78 is 0. The molecule has 0 aliphatic heterocycles. The maximum atomic E-state index is 11.8. The van der Waals surface area contributed by atoms with Crippen molar-refractivity contribution in [3.05, 3.63) is 33.8 Å². The van der Waals surface area contributed by atoms with Crippen LogP contribution in [0, 0.1) is 0 Å². The van der Waals surface area contributed by atoms with Gasteiger partial charge in [0.1, 0.15) is 0 Å².